The Morgan fingerprint density at radius 2 is 1.67 bits per heavy atom. The van der Waals surface area contributed by atoms with Gasteiger partial charge in [0.05, 0.1) is 12.6 Å². The Morgan fingerprint density at radius 3 is 2.33 bits per heavy atom. The summed E-state index contributed by atoms with van der Waals surface area (Å²) >= 11 is 0. The molecule has 27 heavy (non-hydrogen) atoms. The molecule has 2 saturated carbocycles. The SMILES string of the molecule is N[C@H](C(=O)N1CCC[C@H]1C(=O)NCC(=O)C(=O)NC1CC1)C1CCCCC1. The lowest BCUT2D eigenvalue weighted by atomic mass is 9.83. The summed E-state index contributed by atoms with van der Waals surface area (Å²) in [5.41, 5.74) is 6.22. The molecule has 1 aliphatic heterocycles. The molecule has 0 spiro atoms. The van der Waals surface area contributed by atoms with E-state index < -0.39 is 23.8 Å². The number of nitrogens with one attached hydrogen (secondary N) is 2. The molecule has 0 aromatic rings. The van der Waals surface area contributed by atoms with E-state index in [-0.39, 0.29) is 30.3 Å². The van der Waals surface area contributed by atoms with Crippen molar-refractivity contribution in [3.63, 3.8) is 0 Å². The van der Waals surface area contributed by atoms with Gasteiger partial charge in [-0.05, 0) is 44.4 Å². The average Bonchev–Trinajstić information content (AvgIpc) is 3.36. The number of nitrogens with two attached hydrogens (primary N) is 1. The van der Waals surface area contributed by atoms with Crippen LogP contribution in [0.25, 0.3) is 0 Å². The molecule has 0 unspecified atom stereocenters. The first-order chi connectivity index (χ1) is 13.0. The van der Waals surface area contributed by atoms with Crippen LogP contribution in [-0.4, -0.2) is 59.6 Å². The highest BCUT2D eigenvalue weighted by Gasteiger charge is 2.38. The minimum Gasteiger partial charge on any atom is -0.347 e. The van der Waals surface area contributed by atoms with Crippen molar-refractivity contribution in [1.29, 1.82) is 0 Å². The monoisotopic (exact) mass is 378 g/mol. The van der Waals surface area contributed by atoms with Gasteiger partial charge in [0.2, 0.25) is 17.6 Å². The number of carbonyl (C=O) groups is 4. The smallest absolute Gasteiger partial charge is 0.289 e. The van der Waals surface area contributed by atoms with Gasteiger partial charge >= 0.3 is 0 Å². The van der Waals surface area contributed by atoms with Crippen molar-refractivity contribution < 1.29 is 19.2 Å². The van der Waals surface area contributed by atoms with Crippen molar-refractivity contribution in [2.75, 3.05) is 13.1 Å². The minimum absolute atomic E-state index is 0.0985. The molecule has 0 bridgehead atoms. The number of hydrogen-bond donors (Lipinski definition) is 3. The maximum atomic E-state index is 12.8. The molecule has 1 saturated heterocycles. The van der Waals surface area contributed by atoms with Crippen molar-refractivity contribution in [3.8, 4) is 0 Å². The summed E-state index contributed by atoms with van der Waals surface area (Å²) in [5.74, 6) is -1.69. The molecule has 3 aliphatic rings. The Morgan fingerprint density at radius 1 is 0.963 bits per heavy atom. The summed E-state index contributed by atoms with van der Waals surface area (Å²) in [6.45, 7) is 0.165. The third-order valence-electron chi connectivity index (χ3n) is 5.87. The van der Waals surface area contributed by atoms with E-state index in [1.165, 1.54) is 6.42 Å². The molecule has 1 heterocycles. The van der Waals surface area contributed by atoms with E-state index in [2.05, 4.69) is 10.6 Å². The predicted octanol–water partition coefficient (Wildman–Crippen LogP) is -0.151. The molecule has 0 aromatic heterocycles. The van der Waals surface area contributed by atoms with Gasteiger partial charge in [-0.25, -0.2) is 0 Å². The third-order valence-corrected chi connectivity index (χ3v) is 5.87. The molecule has 3 amide bonds. The molecule has 0 radical (unpaired) electrons. The number of rotatable bonds is 7. The molecule has 0 aromatic carbocycles. The van der Waals surface area contributed by atoms with E-state index in [1.807, 2.05) is 0 Å². The average molecular weight is 378 g/mol. The highest BCUT2D eigenvalue weighted by atomic mass is 16.2. The molecule has 3 rings (SSSR count). The number of likely N-dealkylation sites (tertiary alicyclic amines) is 1. The minimum atomic E-state index is -0.662. The molecule has 3 fully saturated rings. The van der Waals surface area contributed by atoms with Crippen molar-refractivity contribution in [2.45, 2.75) is 75.9 Å². The summed E-state index contributed by atoms with van der Waals surface area (Å²) in [6.07, 6.45) is 8.38. The van der Waals surface area contributed by atoms with E-state index >= 15 is 0 Å². The van der Waals surface area contributed by atoms with Gasteiger partial charge in [-0.15, -0.1) is 0 Å². The quantitative estimate of drug-likeness (QED) is 0.532. The molecule has 150 valence electrons. The van der Waals surface area contributed by atoms with Crippen LogP contribution in [0.15, 0.2) is 0 Å². The summed E-state index contributed by atoms with van der Waals surface area (Å²) in [7, 11) is 0. The Bertz CT molecular complexity index is 599. The standard InChI is InChI=1S/C19H30N4O4/c20-16(12-5-2-1-3-6-12)19(27)23-10-4-7-14(23)17(25)21-11-15(24)18(26)22-13-8-9-13/h12-14,16H,1-11,20H2,(H,21,25)(H,22,26)/t14-,16-/m0/s1. The zero-order chi connectivity index (χ0) is 19.4. The lowest BCUT2D eigenvalue weighted by Gasteiger charge is -2.32. The molecular formula is C19H30N4O4. The van der Waals surface area contributed by atoms with Gasteiger partial charge in [0.15, 0.2) is 0 Å². The van der Waals surface area contributed by atoms with Gasteiger partial charge in [0, 0.05) is 12.6 Å². The van der Waals surface area contributed by atoms with Crippen LogP contribution < -0.4 is 16.4 Å². The Kier molecular flexibility index (Phi) is 6.46. The lowest BCUT2D eigenvalue weighted by Crippen LogP contribution is -2.54. The number of amides is 3. The van der Waals surface area contributed by atoms with Crippen LogP contribution in [-0.2, 0) is 19.2 Å². The molecule has 2 aliphatic carbocycles. The first-order valence-corrected chi connectivity index (χ1v) is 10.1. The Hall–Kier alpha value is -1.96. The maximum absolute atomic E-state index is 12.8. The van der Waals surface area contributed by atoms with E-state index in [0.29, 0.717) is 13.0 Å². The van der Waals surface area contributed by atoms with Crippen molar-refractivity contribution >= 4 is 23.5 Å². The Balaban J connectivity index is 1.50. The van der Waals surface area contributed by atoms with Gasteiger partial charge in [0.1, 0.15) is 6.04 Å². The summed E-state index contributed by atoms with van der Waals surface area (Å²) in [5, 5.41) is 5.12. The molecular weight excluding hydrogens is 348 g/mol. The van der Waals surface area contributed by atoms with Crippen LogP contribution in [0.4, 0.5) is 0 Å². The fraction of sp³-hybridized carbons (Fsp3) is 0.789. The fourth-order valence-corrected chi connectivity index (χ4v) is 4.05. The van der Waals surface area contributed by atoms with Crippen molar-refractivity contribution in [2.24, 2.45) is 11.7 Å². The van der Waals surface area contributed by atoms with Crippen LogP contribution in [0.2, 0.25) is 0 Å². The highest BCUT2D eigenvalue weighted by Crippen LogP contribution is 2.28. The predicted molar refractivity (Wildman–Crippen MR) is 98.5 cm³/mol. The van der Waals surface area contributed by atoms with Crippen LogP contribution in [0.3, 0.4) is 0 Å². The second-order valence-corrected chi connectivity index (χ2v) is 8.00. The first-order valence-electron chi connectivity index (χ1n) is 10.1. The number of nitrogens with zero attached hydrogens (tertiary/aromatic N) is 1. The van der Waals surface area contributed by atoms with E-state index in [9.17, 15) is 19.2 Å². The van der Waals surface area contributed by atoms with Gasteiger partial charge < -0.3 is 21.3 Å². The largest absolute Gasteiger partial charge is 0.347 e. The van der Waals surface area contributed by atoms with E-state index in [0.717, 1.165) is 44.9 Å². The zero-order valence-corrected chi connectivity index (χ0v) is 15.7. The first kappa shape index (κ1) is 19.8. The van der Waals surface area contributed by atoms with Gasteiger partial charge in [-0.3, -0.25) is 19.2 Å². The Labute approximate surface area is 159 Å². The second kappa shape index (κ2) is 8.82. The van der Waals surface area contributed by atoms with Crippen LogP contribution in [0.1, 0.15) is 57.8 Å². The van der Waals surface area contributed by atoms with Gasteiger partial charge in [-0.2, -0.15) is 0 Å². The molecule has 4 N–H and O–H groups in total. The number of hydrogen-bond acceptors (Lipinski definition) is 5. The molecule has 8 heteroatoms. The summed E-state index contributed by atoms with van der Waals surface area (Å²) < 4.78 is 0. The van der Waals surface area contributed by atoms with Crippen molar-refractivity contribution in [1.82, 2.24) is 15.5 Å². The number of Topliss-reactive ketones (excluding diaryl/α,β-unsaturated/α-hetero) is 1. The van der Waals surface area contributed by atoms with Crippen molar-refractivity contribution in [3.05, 3.63) is 0 Å². The number of ketones is 1. The summed E-state index contributed by atoms with van der Waals surface area (Å²) in [4.78, 5) is 50.4. The van der Waals surface area contributed by atoms with Crippen LogP contribution in [0.5, 0.6) is 0 Å². The molecule has 8 nitrogen and oxygen atoms in total. The highest BCUT2D eigenvalue weighted by molar-refractivity contribution is 6.37. The normalized spacial score (nSPS) is 24.3. The number of carbonyl (C=O) groups excluding carboxylic acids is 4. The van der Waals surface area contributed by atoms with Crippen LogP contribution in [0, 0.1) is 5.92 Å². The summed E-state index contributed by atoms with van der Waals surface area (Å²) in [6, 6.07) is -1.07. The maximum Gasteiger partial charge on any atom is 0.289 e. The van der Waals surface area contributed by atoms with Crippen LogP contribution >= 0.6 is 0 Å². The molecule has 2 atom stereocenters. The van der Waals surface area contributed by atoms with Gasteiger partial charge in [-0.1, -0.05) is 19.3 Å². The van der Waals surface area contributed by atoms with E-state index in [4.69, 9.17) is 5.73 Å². The lowest BCUT2D eigenvalue weighted by molar-refractivity contribution is -0.141. The van der Waals surface area contributed by atoms with E-state index in [1.54, 1.807) is 4.90 Å². The third kappa shape index (κ3) is 5.06. The zero-order valence-electron chi connectivity index (χ0n) is 15.7. The van der Waals surface area contributed by atoms with Gasteiger partial charge in [0.25, 0.3) is 5.91 Å². The topological polar surface area (TPSA) is 122 Å². The second-order valence-electron chi connectivity index (χ2n) is 8.00. The fourth-order valence-electron chi connectivity index (χ4n) is 4.05.